The molecule has 0 saturated heterocycles. The topological polar surface area (TPSA) is 43.1 Å². The molecule has 1 heterocycles. The van der Waals surface area contributed by atoms with Crippen LogP contribution in [0.25, 0.3) is 0 Å². The molecule has 0 radical (unpaired) electrons. The highest BCUT2D eigenvalue weighted by Crippen LogP contribution is 2.21. The van der Waals surface area contributed by atoms with Crippen molar-refractivity contribution in [2.24, 2.45) is 0 Å². The minimum absolute atomic E-state index is 0.00410. The van der Waals surface area contributed by atoms with Crippen LogP contribution in [0, 0.1) is 6.92 Å². The molecular formula is C14H15NO2. The second-order valence-corrected chi connectivity index (χ2v) is 4.32. The van der Waals surface area contributed by atoms with Gasteiger partial charge in [0, 0.05) is 12.5 Å². The number of ketones is 1. The van der Waals surface area contributed by atoms with Crippen molar-refractivity contribution in [2.45, 2.75) is 26.2 Å². The van der Waals surface area contributed by atoms with Crippen LogP contribution < -0.4 is 0 Å². The normalized spacial score (nSPS) is 12.4. The van der Waals surface area contributed by atoms with E-state index in [4.69, 9.17) is 4.52 Å². The zero-order chi connectivity index (χ0) is 12.3. The van der Waals surface area contributed by atoms with Gasteiger partial charge in [-0.3, -0.25) is 4.79 Å². The van der Waals surface area contributed by atoms with Gasteiger partial charge >= 0.3 is 0 Å². The van der Waals surface area contributed by atoms with E-state index in [0.717, 1.165) is 0 Å². The van der Waals surface area contributed by atoms with Gasteiger partial charge in [0.05, 0.1) is 6.20 Å². The average Bonchev–Trinajstić information content (AvgIpc) is 2.83. The van der Waals surface area contributed by atoms with E-state index in [1.807, 2.05) is 13.8 Å². The van der Waals surface area contributed by atoms with Crippen molar-refractivity contribution in [3.05, 3.63) is 53.4 Å². The molecule has 3 nitrogen and oxygen atoms in total. The highest BCUT2D eigenvalue weighted by molar-refractivity contribution is 5.93. The lowest BCUT2D eigenvalue weighted by Gasteiger charge is -2.10. The fourth-order valence-corrected chi connectivity index (χ4v) is 1.75. The first-order valence-electron chi connectivity index (χ1n) is 5.67. The van der Waals surface area contributed by atoms with Gasteiger partial charge in [-0.25, -0.2) is 0 Å². The number of aromatic nitrogens is 1. The summed E-state index contributed by atoms with van der Waals surface area (Å²) in [4.78, 5) is 11.8. The summed E-state index contributed by atoms with van der Waals surface area (Å²) in [6.45, 7) is 4.09. The Labute approximate surface area is 100 Å². The summed E-state index contributed by atoms with van der Waals surface area (Å²) in [6.07, 6.45) is 1.93. The van der Waals surface area contributed by atoms with E-state index in [1.54, 1.807) is 6.07 Å². The van der Waals surface area contributed by atoms with E-state index in [1.165, 1.54) is 17.3 Å². The number of Topliss-reactive ketones (excluding diaryl/α,β-unsaturated/α-hetero) is 1. The Kier molecular flexibility index (Phi) is 3.38. The van der Waals surface area contributed by atoms with Crippen molar-refractivity contribution < 1.29 is 9.32 Å². The number of hydrogen-bond acceptors (Lipinski definition) is 3. The van der Waals surface area contributed by atoms with Gasteiger partial charge < -0.3 is 4.52 Å². The van der Waals surface area contributed by atoms with Crippen LogP contribution in [-0.2, 0) is 0 Å². The van der Waals surface area contributed by atoms with Gasteiger partial charge in [0.1, 0.15) is 0 Å². The van der Waals surface area contributed by atoms with Crippen molar-refractivity contribution in [2.75, 3.05) is 0 Å². The maximum atomic E-state index is 11.8. The van der Waals surface area contributed by atoms with Crippen LogP contribution in [0.15, 0.2) is 41.1 Å². The van der Waals surface area contributed by atoms with E-state index >= 15 is 0 Å². The monoisotopic (exact) mass is 229 g/mol. The molecule has 2 rings (SSSR count). The zero-order valence-electron chi connectivity index (χ0n) is 10.0. The molecule has 0 fully saturated rings. The van der Waals surface area contributed by atoms with Crippen LogP contribution in [0.5, 0.6) is 0 Å². The third-order valence-corrected chi connectivity index (χ3v) is 2.85. The molecule has 2 aromatic rings. The summed E-state index contributed by atoms with van der Waals surface area (Å²) in [7, 11) is 0. The van der Waals surface area contributed by atoms with Crippen molar-refractivity contribution in [1.82, 2.24) is 5.16 Å². The second-order valence-electron chi connectivity index (χ2n) is 4.32. The van der Waals surface area contributed by atoms with Crippen molar-refractivity contribution in [3.8, 4) is 0 Å². The lowest BCUT2D eigenvalue weighted by Crippen LogP contribution is -2.04. The van der Waals surface area contributed by atoms with Gasteiger partial charge in [-0.1, -0.05) is 41.9 Å². The van der Waals surface area contributed by atoms with E-state index in [9.17, 15) is 4.79 Å². The number of aryl methyl sites for hydroxylation is 1. The predicted octanol–water partition coefficient (Wildman–Crippen LogP) is 3.36. The lowest BCUT2D eigenvalue weighted by molar-refractivity contribution is 0.0939. The van der Waals surface area contributed by atoms with Gasteiger partial charge in [0.15, 0.2) is 0 Å². The summed E-state index contributed by atoms with van der Waals surface area (Å²) < 4.78 is 4.85. The van der Waals surface area contributed by atoms with Crippen LogP contribution in [0.1, 0.15) is 40.9 Å². The first kappa shape index (κ1) is 11.6. The molecule has 88 valence electrons. The molecule has 0 aliphatic carbocycles. The molecule has 0 spiro atoms. The van der Waals surface area contributed by atoms with E-state index in [0.29, 0.717) is 12.2 Å². The van der Waals surface area contributed by atoms with E-state index in [-0.39, 0.29) is 11.7 Å². The quantitative estimate of drug-likeness (QED) is 0.755. The van der Waals surface area contributed by atoms with Gasteiger partial charge in [-0.05, 0) is 18.4 Å². The first-order valence-corrected chi connectivity index (χ1v) is 5.67. The molecule has 3 heteroatoms. The van der Waals surface area contributed by atoms with Crippen LogP contribution in [-0.4, -0.2) is 10.9 Å². The second kappa shape index (κ2) is 4.95. The molecule has 1 aromatic heterocycles. The van der Waals surface area contributed by atoms with E-state index < -0.39 is 0 Å². The Morgan fingerprint density at radius 2 is 2.00 bits per heavy atom. The van der Waals surface area contributed by atoms with Gasteiger partial charge in [-0.15, -0.1) is 0 Å². The fourth-order valence-electron chi connectivity index (χ4n) is 1.75. The number of carbonyl (C=O) groups is 1. The van der Waals surface area contributed by atoms with Crippen molar-refractivity contribution in [1.29, 1.82) is 0 Å². The third kappa shape index (κ3) is 2.81. The molecule has 0 aliphatic rings. The molecule has 0 bridgehead atoms. The first-order chi connectivity index (χ1) is 8.16. The highest BCUT2D eigenvalue weighted by Gasteiger charge is 2.15. The Balaban J connectivity index is 2.04. The molecule has 0 saturated carbocycles. The number of rotatable bonds is 4. The molecular weight excluding hydrogens is 214 g/mol. The molecule has 0 N–H and O–H groups in total. The minimum atomic E-state index is -0.00410. The van der Waals surface area contributed by atoms with Gasteiger partial charge in [0.25, 0.3) is 0 Å². The highest BCUT2D eigenvalue weighted by atomic mass is 16.5. The van der Waals surface area contributed by atoms with Crippen LogP contribution >= 0.6 is 0 Å². The van der Waals surface area contributed by atoms with Gasteiger partial charge in [-0.2, -0.15) is 0 Å². The Hall–Kier alpha value is -1.90. The molecule has 0 amide bonds. The van der Waals surface area contributed by atoms with Crippen molar-refractivity contribution in [3.63, 3.8) is 0 Å². The van der Waals surface area contributed by atoms with Crippen LogP contribution in [0.2, 0.25) is 0 Å². The molecule has 1 atom stereocenters. The lowest BCUT2D eigenvalue weighted by atomic mass is 9.94. The SMILES string of the molecule is Cc1ccc(C(C)CC(=O)c2ccno2)cc1. The maximum absolute atomic E-state index is 11.8. The van der Waals surface area contributed by atoms with Gasteiger partial charge in [0.2, 0.25) is 11.5 Å². The molecule has 0 aliphatic heterocycles. The summed E-state index contributed by atoms with van der Waals surface area (Å²) in [5.41, 5.74) is 2.39. The molecule has 17 heavy (non-hydrogen) atoms. The van der Waals surface area contributed by atoms with Crippen molar-refractivity contribution >= 4 is 5.78 Å². The smallest absolute Gasteiger partial charge is 0.202 e. The summed E-state index contributed by atoms with van der Waals surface area (Å²) in [6, 6.07) is 9.85. The fraction of sp³-hybridized carbons (Fsp3) is 0.286. The Morgan fingerprint density at radius 1 is 1.29 bits per heavy atom. The van der Waals surface area contributed by atoms with Crippen LogP contribution in [0.4, 0.5) is 0 Å². The molecule has 1 unspecified atom stereocenters. The summed E-state index contributed by atoms with van der Waals surface area (Å²) >= 11 is 0. The molecule has 1 aromatic carbocycles. The standard InChI is InChI=1S/C14H15NO2/c1-10-3-5-12(6-4-10)11(2)9-13(16)14-7-8-15-17-14/h3-8,11H,9H2,1-2H3. The Morgan fingerprint density at radius 3 is 2.59 bits per heavy atom. The van der Waals surface area contributed by atoms with E-state index in [2.05, 4.69) is 29.4 Å². The third-order valence-electron chi connectivity index (χ3n) is 2.85. The van der Waals surface area contributed by atoms with Crippen LogP contribution in [0.3, 0.4) is 0 Å². The predicted molar refractivity (Wildman–Crippen MR) is 65.0 cm³/mol. The Bertz CT molecular complexity index is 485. The summed E-state index contributed by atoms with van der Waals surface area (Å²) in [5, 5.41) is 3.54. The number of carbonyl (C=O) groups excluding carboxylic acids is 1. The summed E-state index contributed by atoms with van der Waals surface area (Å²) in [5.74, 6) is 0.521. The number of benzene rings is 1. The largest absolute Gasteiger partial charge is 0.353 e. The number of hydrogen-bond donors (Lipinski definition) is 0. The zero-order valence-corrected chi connectivity index (χ0v) is 10.0. The average molecular weight is 229 g/mol. The minimum Gasteiger partial charge on any atom is -0.353 e. The maximum Gasteiger partial charge on any atom is 0.202 e. The number of nitrogens with zero attached hydrogens (tertiary/aromatic N) is 1.